The summed E-state index contributed by atoms with van der Waals surface area (Å²) in [5, 5.41) is 0. The largest absolute Gasteiger partial charge is 0.492 e. The number of nitrogens with two attached hydrogens (primary N) is 1. The molecule has 1 saturated carbocycles. The molecule has 0 amide bonds. The average molecular weight is 298 g/mol. The zero-order valence-electron chi connectivity index (χ0n) is 11.8. The van der Waals surface area contributed by atoms with Crippen LogP contribution in [0.2, 0.25) is 0 Å². The standard InChI is InChI=1S/C14H22N2O3S/c1-16(11-12-3-2-4-12)20(17,18)10-9-19-14-7-5-13(15)6-8-14/h5-8,12H,2-4,9-11,15H2,1H3. The lowest BCUT2D eigenvalue weighted by Gasteiger charge is -2.29. The minimum absolute atomic E-state index is 0.000592. The van der Waals surface area contributed by atoms with E-state index in [-0.39, 0.29) is 12.4 Å². The van der Waals surface area contributed by atoms with Gasteiger partial charge >= 0.3 is 0 Å². The lowest BCUT2D eigenvalue weighted by Crippen LogP contribution is -2.36. The van der Waals surface area contributed by atoms with E-state index in [1.165, 1.54) is 10.7 Å². The molecule has 6 heteroatoms. The van der Waals surface area contributed by atoms with Crippen LogP contribution >= 0.6 is 0 Å². The highest BCUT2D eigenvalue weighted by Crippen LogP contribution is 2.27. The monoisotopic (exact) mass is 298 g/mol. The van der Waals surface area contributed by atoms with Crippen LogP contribution in [0.15, 0.2) is 24.3 Å². The summed E-state index contributed by atoms with van der Waals surface area (Å²) in [7, 11) is -1.58. The molecular weight excluding hydrogens is 276 g/mol. The molecule has 0 radical (unpaired) electrons. The van der Waals surface area contributed by atoms with Crippen LogP contribution in [-0.4, -0.2) is 38.7 Å². The first-order chi connectivity index (χ1) is 9.47. The number of nitrogens with zero attached hydrogens (tertiary/aromatic N) is 1. The number of rotatable bonds is 7. The molecule has 1 aliphatic carbocycles. The normalized spacial score (nSPS) is 16.1. The van der Waals surface area contributed by atoms with Gasteiger partial charge in [0, 0.05) is 19.3 Å². The maximum absolute atomic E-state index is 12.1. The van der Waals surface area contributed by atoms with Gasteiger partial charge in [-0.25, -0.2) is 12.7 Å². The molecule has 2 N–H and O–H groups in total. The van der Waals surface area contributed by atoms with Crippen molar-refractivity contribution in [1.82, 2.24) is 4.31 Å². The zero-order chi connectivity index (χ0) is 14.6. The van der Waals surface area contributed by atoms with Crippen LogP contribution in [0.1, 0.15) is 19.3 Å². The summed E-state index contributed by atoms with van der Waals surface area (Å²) in [6.45, 7) is 0.783. The molecule has 1 aromatic rings. The lowest BCUT2D eigenvalue weighted by atomic mass is 9.86. The number of hydrogen-bond acceptors (Lipinski definition) is 4. The number of benzene rings is 1. The van der Waals surface area contributed by atoms with Gasteiger partial charge in [-0.3, -0.25) is 0 Å². The third kappa shape index (κ3) is 4.11. The molecule has 0 bridgehead atoms. The molecule has 1 aromatic carbocycles. The number of ether oxygens (including phenoxy) is 1. The fourth-order valence-electron chi connectivity index (χ4n) is 2.14. The van der Waals surface area contributed by atoms with Gasteiger partial charge in [-0.05, 0) is 43.0 Å². The van der Waals surface area contributed by atoms with Crippen molar-refractivity contribution >= 4 is 15.7 Å². The van der Waals surface area contributed by atoms with Gasteiger partial charge in [-0.2, -0.15) is 0 Å². The van der Waals surface area contributed by atoms with Gasteiger partial charge in [0.1, 0.15) is 12.4 Å². The Labute approximate surface area is 120 Å². The molecule has 0 heterocycles. The van der Waals surface area contributed by atoms with Gasteiger partial charge in [0.25, 0.3) is 0 Å². The van der Waals surface area contributed by atoms with E-state index in [1.807, 2.05) is 0 Å². The van der Waals surface area contributed by atoms with E-state index in [4.69, 9.17) is 10.5 Å². The van der Waals surface area contributed by atoms with Crippen molar-refractivity contribution in [3.8, 4) is 5.75 Å². The first kappa shape index (κ1) is 15.1. The SMILES string of the molecule is CN(CC1CCC1)S(=O)(=O)CCOc1ccc(N)cc1. The highest BCUT2D eigenvalue weighted by Gasteiger charge is 2.25. The summed E-state index contributed by atoms with van der Waals surface area (Å²) in [5.74, 6) is 1.17. The van der Waals surface area contributed by atoms with Gasteiger partial charge in [0.15, 0.2) is 0 Å². The van der Waals surface area contributed by atoms with E-state index >= 15 is 0 Å². The van der Waals surface area contributed by atoms with Gasteiger partial charge in [-0.15, -0.1) is 0 Å². The molecule has 0 saturated heterocycles. The maximum atomic E-state index is 12.1. The predicted octanol–water partition coefficient (Wildman–Crippen LogP) is 1.71. The number of nitrogen functional groups attached to an aromatic ring is 1. The molecule has 5 nitrogen and oxygen atoms in total. The van der Waals surface area contributed by atoms with Crippen LogP contribution < -0.4 is 10.5 Å². The molecule has 0 unspecified atom stereocenters. The van der Waals surface area contributed by atoms with Crippen LogP contribution in [0.3, 0.4) is 0 Å². The minimum Gasteiger partial charge on any atom is -0.492 e. The van der Waals surface area contributed by atoms with E-state index in [1.54, 1.807) is 31.3 Å². The number of hydrogen-bond donors (Lipinski definition) is 1. The Kier molecular flexibility index (Phi) is 4.88. The summed E-state index contributed by atoms with van der Waals surface area (Å²) >= 11 is 0. The van der Waals surface area contributed by atoms with Crippen molar-refractivity contribution in [2.45, 2.75) is 19.3 Å². The lowest BCUT2D eigenvalue weighted by molar-refractivity contribution is 0.261. The second-order valence-electron chi connectivity index (χ2n) is 5.31. The smallest absolute Gasteiger partial charge is 0.217 e. The van der Waals surface area contributed by atoms with Gasteiger partial charge in [0.2, 0.25) is 10.0 Å². The van der Waals surface area contributed by atoms with Crippen molar-refractivity contribution < 1.29 is 13.2 Å². The molecule has 1 aliphatic rings. The van der Waals surface area contributed by atoms with Crippen LogP contribution in [0.4, 0.5) is 5.69 Å². The van der Waals surface area contributed by atoms with Crippen LogP contribution in [0.25, 0.3) is 0 Å². The van der Waals surface area contributed by atoms with E-state index < -0.39 is 10.0 Å². The van der Waals surface area contributed by atoms with E-state index in [0.717, 1.165) is 12.8 Å². The summed E-state index contributed by atoms with van der Waals surface area (Å²) in [4.78, 5) is 0. The average Bonchev–Trinajstić information content (AvgIpc) is 2.36. The Bertz CT molecular complexity index is 524. The second-order valence-corrected chi connectivity index (χ2v) is 7.51. The zero-order valence-corrected chi connectivity index (χ0v) is 12.6. The Morgan fingerprint density at radius 3 is 2.50 bits per heavy atom. The predicted molar refractivity (Wildman–Crippen MR) is 80.1 cm³/mol. The molecular formula is C14H22N2O3S. The highest BCUT2D eigenvalue weighted by atomic mass is 32.2. The molecule has 20 heavy (non-hydrogen) atoms. The Balaban J connectivity index is 1.77. The van der Waals surface area contributed by atoms with Gasteiger partial charge in [-0.1, -0.05) is 6.42 Å². The summed E-state index contributed by atoms with van der Waals surface area (Å²) < 4.78 is 31.0. The first-order valence-corrected chi connectivity index (χ1v) is 8.50. The molecule has 0 aliphatic heterocycles. The number of anilines is 1. The molecule has 0 aromatic heterocycles. The van der Waals surface area contributed by atoms with E-state index in [9.17, 15) is 8.42 Å². The van der Waals surface area contributed by atoms with Crippen LogP contribution in [-0.2, 0) is 10.0 Å². The highest BCUT2D eigenvalue weighted by molar-refractivity contribution is 7.89. The summed E-state index contributed by atoms with van der Waals surface area (Å²) in [6.07, 6.45) is 3.50. The van der Waals surface area contributed by atoms with Gasteiger partial charge < -0.3 is 10.5 Å². The Hall–Kier alpha value is -1.27. The van der Waals surface area contributed by atoms with Crippen LogP contribution in [0.5, 0.6) is 5.75 Å². The molecule has 2 rings (SSSR count). The third-order valence-corrected chi connectivity index (χ3v) is 5.49. The van der Waals surface area contributed by atoms with Crippen LogP contribution in [0, 0.1) is 5.92 Å². The van der Waals surface area contributed by atoms with Crippen molar-refractivity contribution in [3.05, 3.63) is 24.3 Å². The fraction of sp³-hybridized carbons (Fsp3) is 0.571. The fourth-order valence-corrected chi connectivity index (χ4v) is 3.18. The molecule has 1 fully saturated rings. The quantitative estimate of drug-likeness (QED) is 0.778. The second kappa shape index (κ2) is 6.45. The maximum Gasteiger partial charge on any atom is 0.217 e. The first-order valence-electron chi connectivity index (χ1n) is 6.90. The molecule has 112 valence electrons. The number of sulfonamides is 1. The van der Waals surface area contributed by atoms with Crippen molar-refractivity contribution in [2.75, 3.05) is 31.7 Å². The Morgan fingerprint density at radius 1 is 1.30 bits per heavy atom. The van der Waals surface area contributed by atoms with Crippen molar-refractivity contribution in [1.29, 1.82) is 0 Å². The summed E-state index contributed by atoms with van der Waals surface area (Å²) in [5.41, 5.74) is 6.23. The Morgan fingerprint density at radius 2 is 1.95 bits per heavy atom. The minimum atomic E-state index is -3.23. The van der Waals surface area contributed by atoms with Gasteiger partial charge in [0.05, 0.1) is 5.75 Å². The van der Waals surface area contributed by atoms with Crippen molar-refractivity contribution in [2.24, 2.45) is 5.92 Å². The van der Waals surface area contributed by atoms with E-state index in [2.05, 4.69) is 0 Å². The van der Waals surface area contributed by atoms with Crippen molar-refractivity contribution in [3.63, 3.8) is 0 Å². The van der Waals surface area contributed by atoms with E-state index in [0.29, 0.717) is 23.9 Å². The molecule has 0 spiro atoms. The molecule has 0 atom stereocenters. The third-order valence-electron chi connectivity index (χ3n) is 3.71. The topological polar surface area (TPSA) is 72.6 Å². The summed E-state index contributed by atoms with van der Waals surface area (Å²) in [6, 6.07) is 6.93.